The Labute approximate surface area is 239 Å². The molecule has 0 heterocycles. The zero-order chi connectivity index (χ0) is 28.5. The van der Waals surface area contributed by atoms with Gasteiger partial charge in [-0.25, -0.2) is 0 Å². The van der Waals surface area contributed by atoms with Crippen molar-refractivity contribution in [1.82, 2.24) is 0 Å². The van der Waals surface area contributed by atoms with Crippen LogP contribution in [0.2, 0.25) is 5.02 Å². The number of carboxylic acid groups (broad SMARTS) is 1. The van der Waals surface area contributed by atoms with Gasteiger partial charge in [-0.2, -0.15) is 0 Å². The van der Waals surface area contributed by atoms with Crippen molar-refractivity contribution >= 4 is 29.1 Å². The standard InChI is InChI=1S/C34H32ClNO4/c35-29-19-17-25(18-20-29)24-11-14-27(15-12-24)32(37)22-28(34(39)40)16-13-26-8-4-5-9-30(26)33(38)31(36)21-10-23-6-2-1-3-7-23/h1-9,11-12,14-15,17-20,28,33,36,38H,10,13,16,21-22H2,(H,39,40). The first-order chi connectivity index (χ1) is 19.3. The molecule has 0 saturated heterocycles. The Bertz CT molecular complexity index is 1450. The van der Waals surface area contributed by atoms with E-state index in [-0.39, 0.29) is 24.3 Å². The molecule has 0 bridgehead atoms. The summed E-state index contributed by atoms with van der Waals surface area (Å²) in [6, 6.07) is 31.6. The Kier molecular flexibility index (Phi) is 10.0. The van der Waals surface area contributed by atoms with Gasteiger partial charge in [0, 0.05) is 22.7 Å². The Hall–Kier alpha value is -4.06. The predicted molar refractivity (Wildman–Crippen MR) is 159 cm³/mol. The van der Waals surface area contributed by atoms with E-state index >= 15 is 0 Å². The highest BCUT2D eigenvalue weighted by molar-refractivity contribution is 6.30. The van der Waals surface area contributed by atoms with E-state index in [1.807, 2.05) is 66.7 Å². The van der Waals surface area contributed by atoms with E-state index in [0.29, 0.717) is 35.4 Å². The molecule has 0 amide bonds. The van der Waals surface area contributed by atoms with Crippen molar-refractivity contribution in [2.45, 2.75) is 38.2 Å². The van der Waals surface area contributed by atoms with Gasteiger partial charge >= 0.3 is 5.97 Å². The summed E-state index contributed by atoms with van der Waals surface area (Å²) in [5, 5.41) is 29.9. The first-order valence-electron chi connectivity index (χ1n) is 13.3. The zero-order valence-electron chi connectivity index (χ0n) is 22.1. The third-order valence-electron chi connectivity index (χ3n) is 7.13. The van der Waals surface area contributed by atoms with Crippen molar-refractivity contribution < 1.29 is 19.8 Å². The molecule has 5 nitrogen and oxygen atoms in total. The van der Waals surface area contributed by atoms with Gasteiger partial charge in [-0.3, -0.25) is 9.59 Å². The van der Waals surface area contributed by atoms with Gasteiger partial charge in [-0.1, -0.05) is 103 Å². The second-order valence-electron chi connectivity index (χ2n) is 9.90. The van der Waals surface area contributed by atoms with Gasteiger partial charge in [-0.05, 0) is 65.6 Å². The number of rotatable bonds is 13. The molecule has 2 unspecified atom stereocenters. The number of hydrogen-bond acceptors (Lipinski definition) is 4. The minimum atomic E-state index is -1.07. The maximum atomic E-state index is 13.0. The van der Waals surface area contributed by atoms with Crippen LogP contribution in [0, 0.1) is 11.3 Å². The second-order valence-corrected chi connectivity index (χ2v) is 10.3. The summed E-state index contributed by atoms with van der Waals surface area (Å²) in [4.78, 5) is 25.0. The van der Waals surface area contributed by atoms with Crippen LogP contribution in [-0.4, -0.2) is 27.7 Å². The fourth-order valence-corrected chi connectivity index (χ4v) is 4.88. The highest BCUT2D eigenvalue weighted by atomic mass is 35.5. The minimum Gasteiger partial charge on any atom is -0.481 e. The van der Waals surface area contributed by atoms with Crippen LogP contribution in [0.25, 0.3) is 11.1 Å². The molecule has 3 N–H and O–H groups in total. The Balaban J connectivity index is 1.38. The van der Waals surface area contributed by atoms with Crippen molar-refractivity contribution in [1.29, 1.82) is 5.41 Å². The van der Waals surface area contributed by atoms with E-state index in [2.05, 4.69) is 0 Å². The molecule has 0 saturated carbocycles. The number of carbonyl (C=O) groups excluding carboxylic acids is 1. The maximum absolute atomic E-state index is 13.0. The topological polar surface area (TPSA) is 98.5 Å². The first kappa shape index (κ1) is 28.9. The van der Waals surface area contributed by atoms with Crippen LogP contribution in [0.15, 0.2) is 103 Å². The third-order valence-corrected chi connectivity index (χ3v) is 7.39. The Morgan fingerprint density at radius 1 is 0.775 bits per heavy atom. The van der Waals surface area contributed by atoms with Crippen LogP contribution in [0.1, 0.15) is 52.4 Å². The molecule has 4 aromatic carbocycles. The second kappa shape index (κ2) is 13.8. The number of aliphatic hydroxyl groups excluding tert-OH is 1. The monoisotopic (exact) mass is 553 g/mol. The summed E-state index contributed by atoms with van der Waals surface area (Å²) in [6.07, 6.45) is 0.506. The van der Waals surface area contributed by atoms with Crippen molar-refractivity contribution in [2.75, 3.05) is 0 Å². The summed E-state index contributed by atoms with van der Waals surface area (Å²) in [7, 11) is 0. The molecule has 6 heteroatoms. The van der Waals surface area contributed by atoms with Crippen LogP contribution in [-0.2, 0) is 17.6 Å². The number of hydrogen-bond donors (Lipinski definition) is 3. The molecule has 0 radical (unpaired) electrons. The van der Waals surface area contributed by atoms with Crippen molar-refractivity contribution in [3.8, 4) is 11.1 Å². The molecule has 0 aliphatic rings. The molecule has 0 spiro atoms. The predicted octanol–water partition coefficient (Wildman–Crippen LogP) is 7.60. The van der Waals surface area contributed by atoms with Gasteiger partial charge in [0.1, 0.15) is 6.10 Å². The van der Waals surface area contributed by atoms with Crippen molar-refractivity contribution in [2.24, 2.45) is 5.92 Å². The van der Waals surface area contributed by atoms with E-state index in [1.165, 1.54) is 0 Å². The number of halogens is 1. The lowest BCUT2D eigenvalue weighted by molar-refractivity contribution is -0.141. The molecular weight excluding hydrogens is 522 g/mol. The van der Waals surface area contributed by atoms with E-state index in [9.17, 15) is 19.8 Å². The first-order valence-corrected chi connectivity index (χ1v) is 13.7. The number of aliphatic hydroxyl groups is 1. The van der Waals surface area contributed by atoms with Gasteiger partial charge in [0.2, 0.25) is 0 Å². The number of nitrogens with one attached hydrogen (secondary N) is 1. The van der Waals surface area contributed by atoms with Crippen LogP contribution in [0.4, 0.5) is 0 Å². The molecule has 2 atom stereocenters. The SMILES string of the molecule is N=C(CCc1ccccc1)C(O)c1ccccc1CCC(CC(=O)c1ccc(-c2ccc(Cl)cc2)cc1)C(=O)O. The average molecular weight is 554 g/mol. The maximum Gasteiger partial charge on any atom is 0.306 e. The number of benzene rings is 4. The van der Waals surface area contributed by atoms with Gasteiger partial charge in [-0.15, -0.1) is 0 Å². The lowest BCUT2D eigenvalue weighted by atomic mass is 9.89. The Morgan fingerprint density at radius 3 is 2.02 bits per heavy atom. The summed E-state index contributed by atoms with van der Waals surface area (Å²) in [5.41, 5.74) is 5.07. The van der Waals surface area contributed by atoms with Crippen molar-refractivity contribution in [3.05, 3.63) is 130 Å². The van der Waals surface area contributed by atoms with Gasteiger partial charge < -0.3 is 15.6 Å². The van der Waals surface area contributed by atoms with Crippen LogP contribution in [0.3, 0.4) is 0 Å². The van der Waals surface area contributed by atoms with Gasteiger partial charge in [0.15, 0.2) is 5.78 Å². The molecule has 0 aliphatic carbocycles. The number of ketones is 1. The average Bonchev–Trinajstić information content (AvgIpc) is 2.98. The number of aryl methyl sites for hydroxylation is 2. The quantitative estimate of drug-likeness (QED) is 0.117. The molecule has 40 heavy (non-hydrogen) atoms. The number of carbonyl (C=O) groups is 2. The summed E-state index contributed by atoms with van der Waals surface area (Å²) in [5.74, 6) is -2.13. The fraction of sp³-hybridized carbons (Fsp3) is 0.206. The number of carboxylic acids is 1. The third kappa shape index (κ3) is 7.75. The molecular formula is C34H32ClNO4. The van der Waals surface area contributed by atoms with Crippen LogP contribution in [0.5, 0.6) is 0 Å². The summed E-state index contributed by atoms with van der Waals surface area (Å²) >= 11 is 5.96. The number of Topliss-reactive ketones (excluding diaryl/α,β-unsaturated/α-hetero) is 1. The van der Waals surface area contributed by atoms with Gasteiger partial charge in [0.05, 0.1) is 5.92 Å². The van der Waals surface area contributed by atoms with Crippen molar-refractivity contribution in [3.63, 3.8) is 0 Å². The highest BCUT2D eigenvalue weighted by Crippen LogP contribution is 2.26. The molecule has 0 fully saturated rings. The Morgan fingerprint density at radius 2 is 1.38 bits per heavy atom. The zero-order valence-corrected chi connectivity index (χ0v) is 22.9. The fourth-order valence-electron chi connectivity index (χ4n) is 4.75. The lowest BCUT2D eigenvalue weighted by Gasteiger charge is -2.18. The minimum absolute atomic E-state index is 0.118. The molecule has 4 rings (SSSR count). The van der Waals surface area contributed by atoms with Crippen LogP contribution >= 0.6 is 11.6 Å². The van der Waals surface area contributed by atoms with E-state index in [0.717, 1.165) is 22.3 Å². The molecule has 204 valence electrons. The largest absolute Gasteiger partial charge is 0.481 e. The number of aliphatic carboxylic acids is 1. The highest BCUT2D eigenvalue weighted by Gasteiger charge is 2.24. The molecule has 0 aliphatic heterocycles. The normalized spacial score (nSPS) is 12.4. The van der Waals surface area contributed by atoms with E-state index in [1.54, 1.807) is 36.4 Å². The lowest BCUT2D eigenvalue weighted by Crippen LogP contribution is -2.20. The summed E-state index contributed by atoms with van der Waals surface area (Å²) in [6.45, 7) is 0. The van der Waals surface area contributed by atoms with E-state index < -0.39 is 18.0 Å². The van der Waals surface area contributed by atoms with Gasteiger partial charge in [0.25, 0.3) is 0 Å². The smallest absolute Gasteiger partial charge is 0.306 e. The van der Waals surface area contributed by atoms with Crippen LogP contribution < -0.4 is 0 Å². The molecule has 0 aromatic heterocycles. The summed E-state index contributed by atoms with van der Waals surface area (Å²) < 4.78 is 0. The molecule has 4 aromatic rings. The van der Waals surface area contributed by atoms with E-state index in [4.69, 9.17) is 17.0 Å².